The smallest absolute Gasteiger partial charge is 0.338 e. The van der Waals surface area contributed by atoms with Gasteiger partial charge in [-0.2, -0.15) is 0 Å². The number of carbonyl (C=O) groups excluding carboxylic acids is 1. The molecule has 0 aliphatic carbocycles. The van der Waals surface area contributed by atoms with E-state index in [4.69, 9.17) is 14.2 Å². The summed E-state index contributed by atoms with van der Waals surface area (Å²) in [5.74, 6) is 0.914. The molecule has 2 aromatic carbocycles. The number of ether oxygens (including phenoxy) is 3. The second kappa shape index (κ2) is 12.3. The minimum absolute atomic E-state index is 0.0861. The molecule has 0 amide bonds. The highest BCUT2D eigenvalue weighted by atomic mass is 32.1. The van der Waals surface area contributed by atoms with Crippen LogP contribution in [0.25, 0.3) is 6.08 Å². The number of aromatic nitrogens is 1. The Morgan fingerprint density at radius 2 is 1.87 bits per heavy atom. The first-order valence-electron chi connectivity index (χ1n) is 13.0. The van der Waals surface area contributed by atoms with E-state index >= 15 is 0 Å². The fourth-order valence-corrected chi connectivity index (χ4v) is 5.35. The molecule has 7 nitrogen and oxygen atoms in total. The number of benzene rings is 2. The van der Waals surface area contributed by atoms with E-state index in [1.807, 2.05) is 68.5 Å². The fraction of sp³-hybridized carbons (Fsp3) is 0.367. The van der Waals surface area contributed by atoms with Crippen LogP contribution in [0, 0.1) is 0 Å². The van der Waals surface area contributed by atoms with E-state index in [2.05, 4.69) is 11.9 Å². The number of fused-ring (bicyclic) bond motifs is 1. The third-order valence-electron chi connectivity index (χ3n) is 6.04. The Kier molecular flexibility index (Phi) is 8.84. The zero-order valence-electron chi connectivity index (χ0n) is 22.5. The molecular weight excluding hydrogens is 500 g/mol. The fourth-order valence-electron chi connectivity index (χ4n) is 4.30. The molecule has 0 spiro atoms. The Bertz CT molecular complexity index is 1500. The molecule has 1 aliphatic rings. The highest BCUT2D eigenvalue weighted by Gasteiger charge is 2.35. The van der Waals surface area contributed by atoms with Crippen molar-refractivity contribution in [2.24, 2.45) is 4.99 Å². The van der Waals surface area contributed by atoms with Crippen molar-refractivity contribution in [2.45, 2.75) is 59.6 Å². The lowest BCUT2D eigenvalue weighted by molar-refractivity contribution is -0.139. The van der Waals surface area contributed by atoms with E-state index in [1.165, 1.54) is 11.3 Å². The molecule has 1 aromatic heterocycles. The number of carbonyl (C=O) groups is 1. The topological polar surface area (TPSA) is 79.1 Å². The lowest BCUT2D eigenvalue weighted by Crippen LogP contribution is -2.40. The highest BCUT2D eigenvalue weighted by Crippen LogP contribution is 2.36. The van der Waals surface area contributed by atoms with Crippen molar-refractivity contribution in [3.8, 4) is 11.5 Å². The van der Waals surface area contributed by atoms with Gasteiger partial charge in [-0.3, -0.25) is 9.36 Å². The van der Waals surface area contributed by atoms with Gasteiger partial charge in [0.2, 0.25) is 0 Å². The van der Waals surface area contributed by atoms with Crippen LogP contribution in [-0.4, -0.2) is 29.9 Å². The number of allylic oxidation sites excluding steroid dienone is 1. The zero-order valence-corrected chi connectivity index (χ0v) is 23.3. The summed E-state index contributed by atoms with van der Waals surface area (Å²) in [5, 5.41) is 0. The van der Waals surface area contributed by atoms with Crippen molar-refractivity contribution in [3.05, 3.63) is 90.6 Å². The largest absolute Gasteiger partial charge is 0.494 e. The molecule has 0 radical (unpaired) electrons. The van der Waals surface area contributed by atoms with Gasteiger partial charge in [0.15, 0.2) is 4.80 Å². The molecule has 0 saturated heterocycles. The number of nitrogens with zero attached hydrogens (tertiary/aromatic N) is 2. The molecule has 0 fully saturated rings. The first-order chi connectivity index (χ1) is 18.3. The Balaban J connectivity index is 1.84. The summed E-state index contributed by atoms with van der Waals surface area (Å²) < 4.78 is 19.3. The van der Waals surface area contributed by atoms with E-state index in [0.717, 1.165) is 24.2 Å². The van der Waals surface area contributed by atoms with Crippen molar-refractivity contribution in [1.82, 2.24) is 4.57 Å². The number of para-hydroxylation sites is 1. The van der Waals surface area contributed by atoms with Gasteiger partial charge in [0.25, 0.3) is 5.56 Å². The normalized spacial score (nSPS) is 15.3. The summed E-state index contributed by atoms with van der Waals surface area (Å²) in [6, 6.07) is 14.4. The molecule has 0 N–H and O–H groups in total. The van der Waals surface area contributed by atoms with Crippen LogP contribution in [0.4, 0.5) is 0 Å². The van der Waals surface area contributed by atoms with Gasteiger partial charge in [-0.15, -0.1) is 0 Å². The number of thiazole rings is 1. The Hall–Kier alpha value is -3.65. The molecule has 3 aromatic rings. The van der Waals surface area contributed by atoms with Gasteiger partial charge in [0.1, 0.15) is 17.5 Å². The summed E-state index contributed by atoms with van der Waals surface area (Å²) in [6.45, 7) is 10.4. The zero-order chi connectivity index (χ0) is 27.2. The third kappa shape index (κ3) is 5.91. The Morgan fingerprint density at radius 1 is 1.13 bits per heavy atom. The Morgan fingerprint density at radius 3 is 2.55 bits per heavy atom. The molecular formula is C30H34N2O5S. The lowest BCUT2D eigenvalue weighted by atomic mass is 9.95. The van der Waals surface area contributed by atoms with E-state index in [-0.39, 0.29) is 18.3 Å². The van der Waals surface area contributed by atoms with Gasteiger partial charge in [-0.1, -0.05) is 55.0 Å². The minimum atomic E-state index is -0.725. The van der Waals surface area contributed by atoms with Crippen LogP contribution in [0.2, 0.25) is 0 Å². The van der Waals surface area contributed by atoms with Gasteiger partial charge in [-0.25, -0.2) is 9.79 Å². The molecule has 200 valence electrons. The van der Waals surface area contributed by atoms with E-state index < -0.39 is 12.0 Å². The van der Waals surface area contributed by atoms with Crippen molar-refractivity contribution < 1.29 is 19.0 Å². The second-order valence-corrected chi connectivity index (χ2v) is 10.3. The summed E-state index contributed by atoms with van der Waals surface area (Å²) in [4.78, 5) is 32.2. The van der Waals surface area contributed by atoms with Crippen LogP contribution in [0.1, 0.15) is 64.6 Å². The number of hydrogen-bond acceptors (Lipinski definition) is 7. The predicted molar refractivity (Wildman–Crippen MR) is 149 cm³/mol. The van der Waals surface area contributed by atoms with E-state index in [9.17, 15) is 9.59 Å². The van der Waals surface area contributed by atoms with Gasteiger partial charge in [-0.05, 0) is 64.0 Å². The van der Waals surface area contributed by atoms with Crippen molar-refractivity contribution in [3.63, 3.8) is 0 Å². The number of rotatable bonds is 10. The monoisotopic (exact) mass is 534 g/mol. The number of hydrogen-bond donors (Lipinski definition) is 0. The quantitative estimate of drug-likeness (QED) is 0.277. The van der Waals surface area contributed by atoms with Crippen molar-refractivity contribution in [2.75, 3.05) is 13.2 Å². The summed E-state index contributed by atoms with van der Waals surface area (Å²) in [6.07, 6.45) is 3.83. The van der Waals surface area contributed by atoms with Crippen LogP contribution in [0.15, 0.2) is 69.6 Å². The lowest BCUT2D eigenvalue weighted by Gasteiger charge is -2.26. The summed E-state index contributed by atoms with van der Waals surface area (Å²) in [5.41, 5.74) is 2.21. The summed E-state index contributed by atoms with van der Waals surface area (Å²) >= 11 is 1.30. The van der Waals surface area contributed by atoms with Crippen molar-refractivity contribution in [1.29, 1.82) is 0 Å². The predicted octanol–water partition coefficient (Wildman–Crippen LogP) is 4.76. The maximum Gasteiger partial charge on any atom is 0.338 e. The molecule has 0 saturated carbocycles. The first kappa shape index (κ1) is 27.4. The molecule has 38 heavy (non-hydrogen) atoms. The van der Waals surface area contributed by atoms with E-state index in [0.29, 0.717) is 38.5 Å². The van der Waals surface area contributed by atoms with Crippen molar-refractivity contribution >= 4 is 23.4 Å². The SMILES string of the molecule is CCCCOc1ccc(/C=c2/sc3n(c2=O)[C@@H](c2ccccc2OC(C)C)C(C(=O)OCC)=C(C)N=3)cc1. The molecule has 0 unspecified atom stereocenters. The highest BCUT2D eigenvalue weighted by molar-refractivity contribution is 7.07. The average molecular weight is 535 g/mol. The maximum absolute atomic E-state index is 13.9. The third-order valence-corrected chi connectivity index (χ3v) is 7.02. The molecule has 2 heterocycles. The van der Waals surface area contributed by atoms with Gasteiger partial charge in [0.05, 0.1) is 35.1 Å². The molecule has 1 aliphatic heterocycles. The number of unbranched alkanes of at least 4 members (excludes halogenated alkanes) is 1. The van der Waals surface area contributed by atoms with Gasteiger partial charge < -0.3 is 14.2 Å². The minimum Gasteiger partial charge on any atom is -0.494 e. The van der Waals surface area contributed by atoms with E-state index in [1.54, 1.807) is 18.4 Å². The van der Waals surface area contributed by atoms with Gasteiger partial charge >= 0.3 is 5.97 Å². The summed E-state index contributed by atoms with van der Waals surface area (Å²) in [7, 11) is 0. The average Bonchev–Trinajstić information content (AvgIpc) is 3.18. The van der Waals surface area contributed by atoms with Crippen LogP contribution < -0.4 is 24.4 Å². The standard InChI is InChI=1S/C30H34N2O5S/c1-6-8-17-36-22-15-13-21(14-16-22)18-25-28(33)32-27(23-11-9-10-12-24(23)37-19(3)4)26(29(34)35-7-2)20(5)31-30(32)38-25/h9-16,18-19,27H,6-8,17H2,1-5H3/b25-18+/t27-/m0/s1. The number of esters is 1. The molecule has 1 atom stereocenters. The van der Waals surface area contributed by atoms with Gasteiger partial charge in [0, 0.05) is 5.56 Å². The van der Waals surface area contributed by atoms with Crippen LogP contribution in [-0.2, 0) is 9.53 Å². The molecule has 0 bridgehead atoms. The van der Waals surface area contributed by atoms with Crippen LogP contribution >= 0.6 is 11.3 Å². The van der Waals surface area contributed by atoms with Crippen LogP contribution in [0.5, 0.6) is 11.5 Å². The second-order valence-electron chi connectivity index (χ2n) is 9.28. The maximum atomic E-state index is 13.9. The Labute approximate surface area is 226 Å². The first-order valence-corrected chi connectivity index (χ1v) is 13.8. The molecule has 8 heteroatoms. The molecule has 4 rings (SSSR count). The van der Waals surface area contributed by atoms with Crippen LogP contribution in [0.3, 0.4) is 0 Å².